The summed E-state index contributed by atoms with van der Waals surface area (Å²) >= 11 is 6.27. The number of methoxy groups -OCH3 is 1. The second-order valence-electron chi connectivity index (χ2n) is 7.40. The molecule has 2 heterocycles. The molecule has 3 aromatic carbocycles. The van der Waals surface area contributed by atoms with Crippen molar-refractivity contribution in [2.24, 2.45) is 0 Å². The number of hydrogen-bond acceptors (Lipinski definition) is 7. The Morgan fingerprint density at radius 1 is 1.03 bits per heavy atom. The van der Waals surface area contributed by atoms with Gasteiger partial charge in [0.1, 0.15) is 11.6 Å². The first-order valence-corrected chi connectivity index (χ1v) is 11.8. The van der Waals surface area contributed by atoms with Crippen LogP contribution in [0, 0.1) is 6.92 Å². The monoisotopic (exact) mass is 479 g/mol. The third-order valence-corrected chi connectivity index (χ3v) is 7.09. The van der Waals surface area contributed by atoms with Crippen molar-refractivity contribution in [3.8, 4) is 5.75 Å². The van der Waals surface area contributed by atoms with Crippen molar-refractivity contribution in [2.45, 2.75) is 16.8 Å². The molecule has 0 saturated carbocycles. The molecule has 2 aromatic heterocycles. The summed E-state index contributed by atoms with van der Waals surface area (Å²) in [6.45, 7) is 1.96. The molecule has 0 amide bonds. The van der Waals surface area contributed by atoms with Crippen molar-refractivity contribution in [1.29, 1.82) is 0 Å². The zero-order valence-electron chi connectivity index (χ0n) is 17.7. The summed E-state index contributed by atoms with van der Waals surface area (Å²) in [5.41, 5.74) is 2.39. The molecule has 1 N–H and O–H groups in total. The van der Waals surface area contributed by atoms with Gasteiger partial charge < -0.3 is 10.1 Å². The highest BCUT2D eigenvalue weighted by Gasteiger charge is 2.27. The van der Waals surface area contributed by atoms with Crippen molar-refractivity contribution in [2.75, 3.05) is 12.4 Å². The Morgan fingerprint density at radius 3 is 2.58 bits per heavy atom. The maximum atomic E-state index is 13.3. The lowest BCUT2D eigenvalue weighted by Gasteiger charge is -2.14. The fraction of sp³-hybridized carbons (Fsp3) is 0.0870. The summed E-state index contributed by atoms with van der Waals surface area (Å²) in [5.74, 6) is 1.01. The Kier molecular flexibility index (Phi) is 5.15. The number of hydrogen-bond donors (Lipinski definition) is 1. The summed E-state index contributed by atoms with van der Waals surface area (Å²) in [4.78, 5) is 4.74. The molecule has 10 heteroatoms. The predicted molar refractivity (Wildman–Crippen MR) is 126 cm³/mol. The summed E-state index contributed by atoms with van der Waals surface area (Å²) in [7, 11) is -2.37. The smallest absolute Gasteiger partial charge is 0.229 e. The minimum atomic E-state index is -3.94. The topological polar surface area (TPSA) is 98.5 Å². The van der Waals surface area contributed by atoms with Crippen LogP contribution in [-0.4, -0.2) is 35.3 Å². The largest absolute Gasteiger partial charge is 0.495 e. The van der Waals surface area contributed by atoms with E-state index in [0.717, 1.165) is 5.56 Å². The maximum Gasteiger partial charge on any atom is 0.229 e. The van der Waals surface area contributed by atoms with Gasteiger partial charge in [0.2, 0.25) is 14.9 Å². The first-order chi connectivity index (χ1) is 15.9. The molecule has 0 bridgehead atoms. The molecular weight excluding hydrogens is 462 g/mol. The lowest BCUT2D eigenvalue weighted by atomic mass is 10.2. The number of fused-ring (bicyclic) bond motifs is 3. The van der Waals surface area contributed by atoms with E-state index in [2.05, 4.69) is 20.6 Å². The zero-order valence-corrected chi connectivity index (χ0v) is 19.2. The molecule has 166 valence electrons. The number of aryl methyl sites for hydroxylation is 1. The lowest BCUT2D eigenvalue weighted by molar-refractivity contribution is 0.416. The molecule has 0 aliphatic heterocycles. The summed E-state index contributed by atoms with van der Waals surface area (Å²) in [6, 6.07) is 19.0. The third-order valence-electron chi connectivity index (χ3n) is 5.19. The number of anilines is 2. The van der Waals surface area contributed by atoms with E-state index in [1.807, 2.05) is 25.1 Å². The zero-order chi connectivity index (χ0) is 23.2. The van der Waals surface area contributed by atoms with Crippen LogP contribution in [0.2, 0.25) is 5.02 Å². The molecule has 5 rings (SSSR count). The van der Waals surface area contributed by atoms with Crippen molar-refractivity contribution in [1.82, 2.24) is 19.8 Å². The van der Waals surface area contributed by atoms with Gasteiger partial charge in [0.25, 0.3) is 0 Å². The molecule has 0 aliphatic rings. The van der Waals surface area contributed by atoms with Crippen LogP contribution in [0.5, 0.6) is 5.75 Å². The van der Waals surface area contributed by atoms with Gasteiger partial charge in [0.05, 0.1) is 23.2 Å². The van der Waals surface area contributed by atoms with Gasteiger partial charge in [-0.3, -0.25) is 0 Å². The number of sulfone groups is 1. The van der Waals surface area contributed by atoms with Crippen molar-refractivity contribution >= 4 is 49.5 Å². The normalized spacial score (nSPS) is 11.7. The number of benzene rings is 3. The minimum absolute atomic E-state index is 0.0998. The number of rotatable bonds is 5. The summed E-state index contributed by atoms with van der Waals surface area (Å²) in [6.07, 6.45) is 0. The fourth-order valence-corrected chi connectivity index (χ4v) is 5.02. The molecule has 0 fully saturated rings. The van der Waals surface area contributed by atoms with E-state index in [1.54, 1.807) is 43.5 Å². The van der Waals surface area contributed by atoms with Gasteiger partial charge >= 0.3 is 0 Å². The Balaban J connectivity index is 1.78. The van der Waals surface area contributed by atoms with Crippen molar-refractivity contribution in [3.63, 3.8) is 0 Å². The molecule has 0 unspecified atom stereocenters. The quantitative estimate of drug-likeness (QED) is 0.385. The first kappa shape index (κ1) is 21.2. The number of halogens is 1. The predicted octanol–water partition coefficient (Wildman–Crippen LogP) is 4.82. The minimum Gasteiger partial charge on any atom is -0.495 e. The number of nitrogens with one attached hydrogen (secondary N) is 1. The Bertz CT molecular complexity index is 1620. The van der Waals surface area contributed by atoms with Crippen LogP contribution < -0.4 is 10.1 Å². The molecule has 0 spiro atoms. The fourth-order valence-electron chi connectivity index (χ4n) is 3.60. The van der Waals surface area contributed by atoms with E-state index in [4.69, 9.17) is 16.3 Å². The SMILES string of the molecule is COc1ccc(C)cc1Nc1nc2c(S(=O)(=O)c3ccccc3)nnn2c2ccc(Cl)cc12. The highest BCUT2D eigenvalue weighted by Crippen LogP contribution is 2.34. The Morgan fingerprint density at radius 2 is 1.82 bits per heavy atom. The van der Waals surface area contributed by atoms with Crippen LogP contribution >= 0.6 is 11.6 Å². The van der Waals surface area contributed by atoms with Gasteiger partial charge in [-0.05, 0) is 55.0 Å². The molecule has 33 heavy (non-hydrogen) atoms. The molecule has 5 aromatic rings. The average Bonchev–Trinajstić information content (AvgIpc) is 3.24. The third kappa shape index (κ3) is 3.65. The van der Waals surface area contributed by atoms with Crippen molar-refractivity contribution in [3.05, 3.63) is 77.3 Å². The van der Waals surface area contributed by atoms with Crippen LogP contribution in [0.4, 0.5) is 11.5 Å². The Hall–Kier alpha value is -3.69. The summed E-state index contributed by atoms with van der Waals surface area (Å²) < 4.78 is 33.5. The van der Waals surface area contributed by atoms with Crippen LogP contribution in [-0.2, 0) is 9.84 Å². The van der Waals surface area contributed by atoms with Gasteiger partial charge in [0, 0.05) is 10.4 Å². The Labute approximate surface area is 194 Å². The van der Waals surface area contributed by atoms with E-state index < -0.39 is 9.84 Å². The van der Waals surface area contributed by atoms with E-state index >= 15 is 0 Å². The highest BCUT2D eigenvalue weighted by molar-refractivity contribution is 7.91. The van der Waals surface area contributed by atoms with E-state index in [1.165, 1.54) is 16.6 Å². The van der Waals surface area contributed by atoms with E-state index in [9.17, 15) is 8.42 Å². The van der Waals surface area contributed by atoms with E-state index in [0.29, 0.717) is 33.2 Å². The molecule has 0 atom stereocenters. The standard InChI is InChI=1S/C23H18ClN5O3S/c1-14-8-11-20(32-2)18(12-14)25-21-17-13-15(24)9-10-19(17)29-22(26-21)23(27-28-29)33(30,31)16-6-4-3-5-7-16/h3-13H,1-2H3,(H,25,26). The van der Waals surface area contributed by atoms with Gasteiger partial charge in [-0.25, -0.2) is 13.4 Å². The number of ether oxygens (including phenoxy) is 1. The number of nitrogens with zero attached hydrogens (tertiary/aromatic N) is 4. The second kappa shape index (κ2) is 8.02. The van der Waals surface area contributed by atoms with Gasteiger partial charge in [-0.15, -0.1) is 5.10 Å². The molecular formula is C23H18ClN5O3S. The molecule has 8 nitrogen and oxygen atoms in total. The van der Waals surface area contributed by atoms with Crippen LogP contribution in [0.15, 0.2) is 76.7 Å². The lowest BCUT2D eigenvalue weighted by Crippen LogP contribution is -2.06. The number of aromatic nitrogens is 4. The summed E-state index contributed by atoms with van der Waals surface area (Å²) in [5, 5.41) is 12.3. The van der Waals surface area contributed by atoms with Crippen LogP contribution in [0.25, 0.3) is 16.6 Å². The van der Waals surface area contributed by atoms with Crippen molar-refractivity contribution < 1.29 is 13.2 Å². The van der Waals surface area contributed by atoms with Crippen LogP contribution in [0.1, 0.15) is 5.56 Å². The van der Waals surface area contributed by atoms with Gasteiger partial charge in [0.15, 0.2) is 5.65 Å². The highest BCUT2D eigenvalue weighted by atomic mass is 35.5. The molecule has 0 radical (unpaired) electrons. The second-order valence-corrected chi connectivity index (χ2v) is 9.70. The van der Waals surface area contributed by atoms with Gasteiger partial charge in [-0.1, -0.05) is 41.1 Å². The molecule has 0 saturated heterocycles. The van der Waals surface area contributed by atoms with Gasteiger partial charge in [-0.2, -0.15) is 4.52 Å². The molecule has 0 aliphatic carbocycles. The average molecular weight is 480 g/mol. The first-order valence-electron chi connectivity index (χ1n) is 9.95. The van der Waals surface area contributed by atoms with Crippen LogP contribution in [0.3, 0.4) is 0 Å². The van der Waals surface area contributed by atoms with E-state index in [-0.39, 0.29) is 15.6 Å². The maximum absolute atomic E-state index is 13.3.